The number of benzene rings is 1. The van der Waals surface area contributed by atoms with Gasteiger partial charge in [-0.25, -0.2) is 0 Å². The number of nitrogens with zero attached hydrogens (tertiary/aromatic N) is 2. The highest BCUT2D eigenvalue weighted by atomic mass is 16.2. The lowest BCUT2D eigenvalue weighted by atomic mass is 9.72. The molecule has 2 heterocycles. The highest BCUT2D eigenvalue weighted by Gasteiger charge is 2.44. The number of carbonyl (C=O) groups excluding carboxylic acids is 1. The summed E-state index contributed by atoms with van der Waals surface area (Å²) in [6, 6.07) is 9.45. The average Bonchev–Trinajstić information content (AvgIpc) is 3.45. The number of amides is 1. The summed E-state index contributed by atoms with van der Waals surface area (Å²) in [6.07, 6.45) is 7.78. The Balaban J connectivity index is 1.33. The molecule has 2 saturated heterocycles. The zero-order chi connectivity index (χ0) is 17.3. The van der Waals surface area contributed by atoms with Crippen LogP contribution in [0.5, 0.6) is 0 Å². The molecule has 136 valence electrons. The first kappa shape index (κ1) is 17.0. The van der Waals surface area contributed by atoms with E-state index >= 15 is 0 Å². The van der Waals surface area contributed by atoms with Crippen LogP contribution in [-0.4, -0.2) is 47.9 Å². The molecule has 2 aliphatic heterocycles. The van der Waals surface area contributed by atoms with E-state index in [0.29, 0.717) is 23.9 Å². The summed E-state index contributed by atoms with van der Waals surface area (Å²) in [7, 11) is 0. The average molecular weight is 341 g/mol. The molecule has 1 aromatic rings. The summed E-state index contributed by atoms with van der Waals surface area (Å²) < 4.78 is 0. The standard InChI is InChI=1S/C21H31N3O/c22-11-7-17-2-1-3-18(14-17)15-23-12-9-21(10-13-23)8-6-20(25)24(16-21)19-4-5-19/h1-3,14,19H,4-13,15-16,22H2. The van der Waals surface area contributed by atoms with Crippen molar-refractivity contribution in [2.45, 2.75) is 57.5 Å². The second kappa shape index (κ2) is 7.08. The van der Waals surface area contributed by atoms with Gasteiger partial charge in [0.1, 0.15) is 0 Å². The molecule has 0 bridgehead atoms. The second-order valence-electron chi connectivity index (χ2n) is 8.39. The third-order valence-corrected chi connectivity index (χ3v) is 6.43. The zero-order valence-corrected chi connectivity index (χ0v) is 15.3. The number of hydrogen-bond acceptors (Lipinski definition) is 3. The Labute approximate surface area is 151 Å². The van der Waals surface area contributed by atoms with Crippen LogP contribution in [0, 0.1) is 5.41 Å². The predicted octanol–water partition coefficient (Wildman–Crippen LogP) is 2.55. The molecule has 4 heteroatoms. The van der Waals surface area contributed by atoms with Crippen molar-refractivity contribution in [2.75, 3.05) is 26.2 Å². The third kappa shape index (κ3) is 3.90. The van der Waals surface area contributed by atoms with Gasteiger partial charge in [0.15, 0.2) is 0 Å². The van der Waals surface area contributed by atoms with Gasteiger partial charge in [-0.2, -0.15) is 0 Å². The molecule has 4 rings (SSSR count). The summed E-state index contributed by atoms with van der Waals surface area (Å²) >= 11 is 0. The van der Waals surface area contributed by atoms with Crippen molar-refractivity contribution < 1.29 is 4.79 Å². The first-order valence-corrected chi connectivity index (χ1v) is 9.97. The van der Waals surface area contributed by atoms with Gasteiger partial charge in [0, 0.05) is 25.6 Å². The molecular formula is C21H31N3O. The zero-order valence-electron chi connectivity index (χ0n) is 15.3. The second-order valence-corrected chi connectivity index (χ2v) is 8.39. The normalized spacial score (nSPS) is 24.0. The first-order valence-electron chi connectivity index (χ1n) is 9.97. The van der Waals surface area contributed by atoms with E-state index < -0.39 is 0 Å². The van der Waals surface area contributed by atoms with Crippen LogP contribution in [0.25, 0.3) is 0 Å². The van der Waals surface area contributed by atoms with Crippen LogP contribution in [0.1, 0.15) is 49.7 Å². The largest absolute Gasteiger partial charge is 0.339 e. The molecule has 3 aliphatic rings. The first-order chi connectivity index (χ1) is 12.2. The Kier molecular flexibility index (Phi) is 4.83. The molecule has 0 radical (unpaired) electrons. The molecule has 3 fully saturated rings. The fourth-order valence-electron chi connectivity index (χ4n) is 4.67. The Bertz CT molecular complexity index is 617. The van der Waals surface area contributed by atoms with Crippen LogP contribution in [-0.2, 0) is 17.8 Å². The lowest BCUT2D eigenvalue weighted by Crippen LogP contribution is -2.52. The fourth-order valence-corrected chi connectivity index (χ4v) is 4.67. The predicted molar refractivity (Wildman–Crippen MR) is 100 cm³/mol. The fraction of sp³-hybridized carbons (Fsp3) is 0.667. The maximum absolute atomic E-state index is 12.2. The van der Waals surface area contributed by atoms with E-state index in [2.05, 4.69) is 34.1 Å². The number of rotatable bonds is 5. The summed E-state index contributed by atoms with van der Waals surface area (Å²) in [5, 5.41) is 0. The highest BCUT2D eigenvalue weighted by molar-refractivity contribution is 5.77. The minimum absolute atomic E-state index is 0.397. The van der Waals surface area contributed by atoms with Gasteiger partial charge < -0.3 is 10.6 Å². The van der Waals surface area contributed by atoms with Crippen molar-refractivity contribution in [3.63, 3.8) is 0 Å². The monoisotopic (exact) mass is 341 g/mol. The highest BCUT2D eigenvalue weighted by Crippen LogP contribution is 2.43. The Morgan fingerprint density at radius 3 is 2.60 bits per heavy atom. The molecule has 0 unspecified atom stereocenters. The van der Waals surface area contributed by atoms with E-state index in [0.717, 1.165) is 45.4 Å². The van der Waals surface area contributed by atoms with Crippen LogP contribution in [0.2, 0.25) is 0 Å². The minimum Gasteiger partial charge on any atom is -0.339 e. The van der Waals surface area contributed by atoms with Crippen LogP contribution in [0.15, 0.2) is 24.3 Å². The topological polar surface area (TPSA) is 49.6 Å². The number of carbonyl (C=O) groups is 1. The summed E-state index contributed by atoms with van der Waals surface area (Å²) in [5.74, 6) is 0.410. The molecule has 25 heavy (non-hydrogen) atoms. The number of nitrogens with two attached hydrogens (primary N) is 1. The van der Waals surface area contributed by atoms with Gasteiger partial charge in [0.05, 0.1) is 0 Å². The van der Waals surface area contributed by atoms with E-state index in [-0.39, 0.29) is 0 Å². The van der Waals surface area contributed by atoms with E-state index in [1.165, 1.54) is 36.8 Å². The van der Waals surface area contributed by atoms with Gasteiger partial charge in [-0.05, 0) is 74.7 Å². The molecule has 0 atom stereocenters. The number of likely N-dealkylation sites (tertiary alicyclic amines) is 2. The SMILES string of the molecule is NCCc1cccc(CN2CCC3(CCC(=O)N(C4CC4)C3)CC2)c1. The van der Waals surface area contributed by atoms with Gasteiger partial charge in [0.2, 0.25) is 5.91 Å². The van der Waals surface area contributed by atoms with Crippen molar-refractivity contribution in [3.05, 3.63) is 35.4 Å². The summed E-state index contributed by atoms with van der Waals surface area (Å²) in [6.45, 7) is 5.10. The van der Waals surface area contributed by atoms with Crippen molar-refractivity contribution in [2.24, 2.45) is 11.1 Å². The molecule has 4 nitrogen and oxygen atoms in total. The van der Waals surface area contributed by atoms with Crippen molar-refractivity contribution in [3.8, 4) is 0 Å². The molecular weight excluding hydrogens is 310 g/mol. The Morgan fingerprint density at radius 1 is 1.12 bits per heavy atom. The van der Waals surface area contributed by atoms with Crippen molar-refractivity contribution in [1.29, 1.82) is 0 Å². The molecule has 1 aliphatic carbocycles. The molecule has 0 aromatic heterocycles. The third-order valence-electron chi connectivity index (χ3n) is 6.43. The Morgan fingerprint density at radius 2 is 1.88 bits per heavy atom. The van der Waals surface area contributed by atoms with Crippen molar-refractivity contribution in [1.82, 2.24) is 9.80 Å². The molecule has 1 saturated carbocycles. The quantitative estimate of drug-likeness (QED) is 0.895. The van der Waals surface area contributed by atoms with E-state index in [1.54, 1.807) is 0 Å². The van der Waals surface area contributed by atoms with Gasteiger partial charge >= 0.3 is 0 Å². The van der Waals surface area contributed by atoms with Crippen LogP contribution < -0.4 is 5.73 Å². The van der Waals surface area contributed by atoms with Crippen molar-refractivity contribution >= 4 is 5.91 Å². The lowest BCUT2D eigenvalue weighted by Gasteiger charge is -2.47. The molecule has 1 spiro atoms. The smallest absolute Gasteiger partial charge is 0.222 e. The van der Waals surface area contributed by atoms with E-state index in [4.69, 9.17) is 5.73 Å². The van der Waals surface area contributed by atoms with E-state index in [9.17, 15) is 4.79 Å². The number of piperidine rings is 2. The molecule has 1 amide bonds. The number of hydrogen-bond donors (Lipinski definition) is 1. The van der Waals surface area contributed by atoms with Gasteiger partial charge in [-0.15, -0.1) is 0 Å². The van der Waals surface area contributed by atoms with Crippen LogP contribution in [0.3, 0.4) is 0 Å². The van der Waals surface area contributed by atoms with Gasteiger partial charge in [0.25, 0.3) is 0 Å². The maximum atomic E-state index is 12.2. The minimum atomic E-state index is 0.397. The summed E-state index contributed by atoms with van der Waals surface area (Å²) in [5.41, 5.74) is 8.83. The van der Waals surface area contributed by atoms with Crippen LogP contribution >= 0.6 is 0 Å². The van der Waals surface area contributed by atoms with Crippen LogP contribution in [0.4, 0.5) is 0 Å². The van der Waals surface area contributed by atoms with E-state index in [1.807, 2.05) is 0 Å². The van der Waals surface area contributed by atoms with Gasteiger partial charge in [-0.1, -0.05) is 24.3 Å². The Hall–Kier alpha value is -1.39. The maximum Gasteiger partial charge on any atom is 0.222 e. The summed E-state index contributed by atoms with van der Waals surface area (Å²) in [4.78, 5) is 17.0. The van der Waals surface area contributed by atoms with Gasteiger partial charge in [-0.3, -0.25) is 9.69 Å². The molecule has 2 N–H and O–H groups in total. The molecule has 1 aromatic carbocycles. The lowest BCUT2D eigenvalue weighted by molar-refractivity contribution is -0.139.